The molecule has 0 aliphatic heterocycles. The van der Waals surface area contributed by atoms with Crippen LogP contribution in [0, 0.1) is 27.7 Å². The summed E-state index contributed by atoms with van der Waals surface area (Å²) in [4.78, 5) is 14.8. The molecule has 0 heterocycles. The van der Waals surface area contributed by atoms with Gasteiger partial charge >= 0.3 is 0 Å². The Morgan fingerprint density at radius 1 is 1.11 bits per heavy atom. The average Bonchev–Trinajstić information content (AvgIpc) is 2.56. The van der Waals surface area contributed by atoms with E-state index in [1.807, 2.05) is 58.7 Å². The fourth-order valence-electron chi connectivity index (χ4n) is 3.38. The summed E-state index contributed by atoms with van der Waals surface area (Å²) in [6.07, 6.45) is 0. The zero-order valence-electron chi connectivity index (χ0n) is 17.2. The van der Waals surface area contributed by atoms with Crippen LogP contribution < -0.4 is 10.1 Å². The Morgan fingerprint density at radius 2 is 1.70 bits per heavy atom. The van der Waals surface area contributed by atoms with Crippen molar-refractivity contribution in [1.82, 2.24) is 4.90 Å². The summed E-state index contributed by atoms with van der Waals surface area (Å²) in [5.74, 6) is 0.838. The summed E-state index contributed by atoms with van der Waals surface area (Å²) in [5, 5.41) is 3.55. The number of likely N-dealkylation sites (N-methyl/N-ethyl adjacent to an activating group) is 1. The Morgan fingerprint density at radius 3 is 2.22 bits per heavy atom. The minimum Gasteiger partial charge on any atom is -0.496 e. The number of hydrogen-bond donors (Lipinski definition) is 1. The number of carbonyl (C=O) groups excluding carboxylic acids is 1. The van der Waals surface area contributed by atoms with Gasteiger partial charge in [-0.05, 0) is 75.5 Å². The lowest BCUT2D eigenvalue weighted by Crippen LogP contribution is -2.39. The quantitative estimate of drug-likeness (QED) is 0.753. The summed E-state index contributed by atoms with van der Waals surface area (Å²) in [6.45, 7) is 10.6. The predicted molar refractivity (Wildman–Crippen MR) is 113 cm³/mol. The van der Waals surface area contributed by atoms with Crippen LogP contribution in [0.25, 0.3) is 0 Å². The maximum absolute atomic E-state index is 12.7. The third-order valence-electron chi connectivity index (χ3n) is 4.88. The van der Waals surface area contributed by atoms with E-state index in [0.29, 0.717) is 17.3 Å². The third kappa shape index (κ3) is 5.02. The summed E-state index contributed by atoms with van der Waals surface area (Å²) < 4.78 is 5.43. The Labute approximate surface area is 167 Å². The molecule has 1 atom stereocenters. The van der Waals surface area contributed by atoms with Crippen LogP contribution in [-0.4, -0.2) is 31.0 Å². The van der Waals surface area contributed by atoms with Crippen molar-refractivity contribution in [2.75, 3.05) is 19.5 Å². The lowest BCUT2D eigenvalue weighted by molar-refractivity contribution is -0.120. The van der Waals surface area contributed by atoms with Gasteiger partial charge in [-0.3, -0.25) is 9.69 Å². The van der Waals surface area contributed by atoms with E-state index < -0.39 is 0 Å². The highest BCUT2D eigenvalue weighted by Crippen LogP contribution is 2.28. The molecule has 1 unspecified atom stereocenters. The van der Waals surface area contributed by atoms with Crippen LogP contribution in [0.2, 0.25) is 5.02 Å². The van der Waals surface area contributed by atoms with Crippen molar-refractivity contribution in [3.8, 4) is 5.75 Å². The molecule has 0 bridgehead atoms. The third-order valence-corrected chi connectivity index (χ3v) is 5.17. The zero-order valence-corrected chi connectivity index (χ0v) is 18.0. The first-order valence-electron chi connectivity index (χ1n) is 9.06. The Hall–Kier alpha value is -2.04. The number of halogens is 1. The van der Waals surface area contributed by atoms with E-state index in [2.05, 4.69) is 17.4 Å². The number of benzene rings is 2. The van der Waals surface area contributed by atoms with Crippen molar-refractivity contribution in [1.29, 1.82) is 0 Å². The maximum atomic E-state index is 12.7. The molecule has 5 heteroatoms. The number of ether oxygens (including phenoxy) is 1. The highest BCUT2D eigenvalue weighted by molar-refractivity contribution is 6.34. The number of nitrogens with one attached hydrogen (secondary N) is 1. The van der Waals surface area contributed by atoms with Crippen LogP contribution >= 0.6 is 11.6 Å². The summed E-state index contributed by atoms with van der Waals surface area (Å²) >= 11 is 6.32. The number of rotatable bonds is 6. The lowest BCUT2D eigenvalue weighted by Gasteiger charge is -2.25. The molecule has 1 N–H and O–H groups in total. The topological polar surface area (TPSA) is 41.6 Å². The van der Waals surface area contributed by atoms with E-state index in [1.165, 1.54) is 0 Å². The fourth-order valence-corrected chi connectivity index (χ4v) is 3.75. The van der Waals surface area contributed by atoms with E-state index in [9.17, 15) is 4.79 Å². The summed E-state index contributed by atoms with van der Waals surface area (Å²) in [5.41, 5.74) is 6.07. The highest BCUT2D eigenvalue weighted by Gasteiger charge is 2.20. The van der Waals surface area contributed by atoms with Crippen LogP contribution in [-0.2, 0) is 11.3 Å². The number of hydrogen-bond acceptors (Lipinski definition) is 3. The van der Waals surface area contributed by atoms with Crippen LogP contribution in [0.1, 0.15) is 34.7 Å². The smallest absolute Gasteiger partial charge is 0.241 e. The molecular weight excluding hydrogens is 360 g/mol. The number of aryl methyl sites for hydroxylation is 4. The Balaban J connectivity index is 2.11. The van der Waals surface area contributed by atoms with Gasteiger partial charge in [-0.15, -0.1) is 0 Å². The van der Waals surface area contributed by atoms with Gasteiger partial charge in [0.1, 0.15) is 5.75 Å². The molecule has 0 spiro atoms. The molecule has 1 amide bonds. The fraction of sp³-hybridized carbons (Fsp3) is 0.409. The molecule has 0 saturated carbocycles. The second-order valence-electron chi connectivity index (χ2n) is 7.28. The molecule has 0 aliphatic rings. The first kappa shape index (κ1) is 21.3. The molecule has 146 valence electrons. The molecule has 2 aromatic rings. The number of nitrogens with zero attached hydrogens (tertiary/aromatic N) is 1. The monoisotopic (exact) mass is 388 g/mol. The van der Waals surface area contributed by atoms with E-state index in [1.54, 1.807) is 7.11 Å². The Kier molecular flexibility index (Phi) is 6.90. The molecule has 0 aromatic heterocycles. The van der Waals surface area contributed by atoms with Gasteiger partial charge in [-0.1, -0.05) is 29.8 Å². The van der Waals surface area contributed by atoms with Crippen LogP contribution in [0.4, 0.5) is 5.69 Å². The van der Waals surface area contributed by atoms with Crippen molar-refractivity contribution >= 4 is 23.2 Å². The van der Waals surface area contributed by atoms with E-state index in [0.717, 1.165) is 33.6 Å². The average molecular weight is 389 g/mol. The molecule has 0 aliphatic carbocycles. The molecular formula is C22H29ClN2O2. The molecule has 2 aromatic carbocycles. The lowest BCUT2D eigenvalue weighted by atomic mass is 10.0. The Bertz CT molecular complexity index is 802. The minimum absolute atomic E-state index is 0.0756. The molecule has 0 radical (unpaired) electrons. The first-order chi connectivity index (χ1) is 12.6. The predicted octanol–water partition coefficient (Wildman–Crippen LogP) is 5.04. The van der Waals surface area contributed by atoms with Gasteiger partial charge in [0.25, 0.3) is 0 Å². The largest absolute Gasteiger partial charge is 0.496 e. The SMILES string of the molecule is COc1c(C)cc(CN(C)C(C)C(=O)Nc2c(C)cc(C)cc2Cl)cc1C. The second kappa shape index (κ2) is 8.77. The molecule has 27 heavy (non-hydrogen) atoms. The van der Waals surface area contributed by atoms with E-state index >= 15 is 0 Å². The molecule has 0 saturated heterocycles. The molecule has 4 nitrogen and oxygen atoms in total. The van der Waals surface area contributed by atoms with Crippen LogP contribution in [0.15, 0.2) is 24.3 Å². The van der Waals surface area contributed by atoms with Gasteiger partial charge < -0.3 is 10.1 Å². The van der Waals surface area contributed by atoms with Crippen molar-refractivity contribution in [3.05, 3.63) is 57.1 Å². The van der Waals surface area contributed by atoms with Gasteiger partial charge in [0.15, 0.2) is 0 Å². The summed E-state index contributed by atoms with van der Waals surface area (Å²) in [7, 11) is 3.63. The van der Waals surface area contributed by atoms with Gasteiger partial charge in [0.2, 0.25) is 5.91 Å². The van der Waals surface area contributed by atoms with Crippen molar-refractivity contribution in [2.45, 2.75) is 47.2 Å². The zero-order chi connectivity index (χ0) is 20.3. The van der Waals surface area contributed by atoms with Crippen LogP contribution in [0.3, 0.4) is 0 Å². The van der Waals surface area contributed by atoms with Crippen molar-refractivity contribution < 1.29 is 9.53 Å². The van der Waals surface area contributed by atoms with Crippen molar-refractivity contribution in [2.24, 2.45) is 0 Å². The number of anilines is 1. The standard InChI is InChI=1S/C22H29ClN2O2/c1-13-8-14(2)20(19(23)9-13)24-22(26)17(5)25(6)12-18-10-15(3)21(27-7)16(4)11-18/h8-11,17H,12H2,1-7H3,(H,24,26). The summed E-state index contributed by atoms with van der Waals surface area (Å²) in [6, 6.07) is 7.78. The molecule has 0 fully saturated rings. The van der Waals surface area contributed by atoms with Gasteiger partial charge in [-0.25, -0.2) is 0 Å². The number of amides is 1. The second-order valence-corrected chi connectivity index (χ2v) is 7.69. The van der Waals surface area contributed by atoms with Crippen molar-refractivity contribution in [3.63, 3.8) is 0 Å². The van der Waals surface area contributed by atoms with Gasteiger partial charge in [-0.2, -0.15) is 0 Å². The maximum Gasteiger partial charge on any atom is 0.241 e. The highest BCUT2D eigenvalue weighted by atomic mass is 35.5. The minimum atomic E-state index is -0.301. The van der Waals surface area contributed by atoms with Crippen LogP contribution in [0.5, 0.6) is 5.75 Å². The van der Waals surface area contributed by atoms with Gasteiger partial charge in [0, 0.05) is 6.54 Å². The van der Waals surface area contributed by atoms with E-state index in [4.69, 9.17) is 16.3 Å². The normalized spacial score (nSPS) is 12.2. The number of methoxy groups -OCH3 is 1. The van der Waals surface area contributed by atoms with E-state index in [-0.39, 0.29) is 11.9 Å². The first-order valence-corrected chi connectivity index (χ1v) is 9.43. The number of carbonyl (C=O) groups is 1. The molecule has 2 rings (SSSR count). The van der Waals surface area contributed by atoms with Gasteiger partial charge in [0.05, 0.1) is 23.9 Å².